The topological polar surface area (TPSA) is 67.0 Å². The number of carbonyl (C=O) groups is 1. The van der Waals surface area contributed by atoms with Crippen LogP contribution in [0.15, 0.2) is 6.07 Å². The Morgan fingerprint density at radius 2 is 2.32 bits per heavy atom. The molecule has 0 spiro atoms. The molecule has 0 fully saturated rings. The van der Waals surface area contributed by atoms with Crippen LogP contribution in [0.1, 0.15) is 49.8 Å². The Balaban J connectivity index is 2.16. The fraction of sp³-hybridized carbons (Fsp3) is 0.714. The molecule has 0 bridgehead atoms. The second kappa shape index (κ2) is 8.69. The minimum atomic E-state index is -0.123. The lowest BCUT2D eigenvalue weighted by Gasteiger charge is -2.06. The van der Waals surface area contributed by atoms with Crippen molar-refractivity contribution in [3.05, 3.63) is 17.5 Å². The second-order valence-electron chi connectivity index (χ2n) is 5.11. The van der Waals surface area contributed by atoms with Crippen LogP contribution in [0.3, 0.4) is 0 Å². The van der Waals surface area contributed by atoms with E-state index in [1.165, 1.54) is 0 Å². The zero-order chi connectivity index (χ0) is 14.1. The Bertz CT molecular complexity index is 375. The van der Waals surface area contributed by atoms with Crippen molar-refractivity contribution in [3.8, 4) is 0 Å². The summed E-state index contributed by atoms with van der Waals surface area (Å²) >= 11 is 0. The molecule has 5 heteroatoms. The van der Waals surface area contributed by atoms with Crippen LogP contribution in [0.4, 0.5) is 0 Å². The predicted octanol–water partition coefficient (Wildman–Crippen LogP) is 2.15. The first-order valence-electron chi connectivity index (χ1n) is 7.03. The number of rotatable bonds is 9. The van der Waals surface area contributed by atoms with Crippen LogP contribution in [-0.4, -0.2) is 35.9 Å². The molecule has 1 rings (SSSR count). The number of aromatic nitrogens is 2. The highest BCUT2D eigenvalue weighted by molar-refractivity contribution is 5.92. The lowest BCUT2D eigenvalue weighted by Crippen LogP contribution is -2.25. The summed E-state index contributed by atoms with van der Waals surface area (Å²) in [5.41, 5.74) is 1.47. The molecule has 0 aromatic carbocycles. The van der Waals surface area contributed by atoms with E-state index < -0.39 is 0 Å². The summed E-state index contributed by atoms with van der Waals surface area (Å²) in [6.07, 6.45) is 2.78. The lowest BCUT2D eigenvalue weighted by molar-refractivity contribution is 0.0920. The van der Waals surface area contributed by atoms with Crippen LogP contribution in [0.25, 0.3) is 0 Å². The van der Waals surface area contributed by atoms with E-state index in [4.69, 9.17) is 4.74 Å². The molecule has 1 heterocycles. The number of nitrogens with one attached hydrogen (secondary N) is 2. The Kier molecular flexibility index (Phi) is 7.18. The standard InChI is InChI=1S/C14H25N3O2/c1-4-6-12-9-13(17-16-12)14(18)15-7-5-8-19-10-11(2)3/h9,11H,4-8,10H2,1-3H3,(H,15,18)(H,16,17). The van der Waals surface area contributed by atoms with Gasteiger partial charge in [0.25, 0.3) is 5.91 Å². The normalized spacial score (nSPS) is 10.9. The monoisotopic (exact) mass is 267 g/mol. The summed E-state index contributed by atoms with van der Waals surface area (Å²) in [5, 5.41) is 9.72. The van der Waals surface area contributed by atoms with Gasteiger partial charge in [-0.15, -0.1) is 0 Å². The smallest absolute Gasteiger partial charge is 0.271 e. The van der Waals surface area contributed by atoms with E-state index in [0.29, 0.717) is 24.8 Å². The van der Waals surface area contributed by atoms with E-state index in [1.54, 1.807) is 0 Å². The molecule has 0 atom stereocenters. The zero-order valence-corrected chi connectivity index (χ0v) is 12.2. The van der Waals surface area contributed by atoms with Gasteiger partial charge in [-0.3, -0.25) is 9.89 Å². The fourth-order valence-corrected chi connectivity index (χ4v) is 1.66. The molecule has 5 nitrogen and oxygen atoms in total. The molecule has 0 saturated heterocycles. The zero-order valence-electron chi connectivity index (χ0n) is 12.2. The highest BCUT2D eigenvalue weighted by Gasteiger charge is 2.09. The summed E-state index contributed by atoms with van der Waals surface area (Å²) in [5.74, 6) is 0.429. The van der Waals surface area contributed by atoms with Gasteiger partial charge in [0.05, 0.1) is 0 Å². The summed E-state index contributed by atoms with van der Waals surface area (Å²) in [6, 6.07) is 1.81. The minimum Gasteiger partial charge on any atom is -0.381 e. The van der Waals surface area contributed by atoms with E-state index in [-0.39, 0.29) is 5.91 Å². The first kappa shape index (κ1) is 15.7. The van der Waals surface area contributed by atoms with Crippen molar-refractivity contribution in [3.63, 3.8) is 0 Å². The van der Waals surface area contributed by atoms with Gasteiger partial charge in [0.1, 0.15) is 5.69 Å². The third-order valence-electron chi connectivity index (χ3n) is 2.59. The molecule has 108 valence electrons. The molecule has 1 aromatic rings. The molecule has 2 N–H and O–H groups in total. The second-order valence-corrected chi connectivity index (χ2v) is 5.11. The number of H-pyrrole nitrogens is 1. The Hall–Kier alpha value is -1.36. The minimum absolute atomic E-state index is 0.123. The maximum absolute atomic E-state index is 11.8. The third-order valence-corrected chi connectivity index (χ3v) is 2.59. The van der Waals surface area contributed by atoms with Crippen molar-refractivity contribution in [2.45, 2.75) is 40.0 Å². The number of aromatic amines is 1. The molecule has 0 aliphatic rings. The van der Waals surface area contributed by atoms with Gasteiger partial charge < -0.3 is 10.1 Å². The average Bonchev–Trinajstić information content (AvgIpc) is 2.82. The molecule has 0 radical (unpaired) electrons. The summed E-state index contributed by atoms with van der Waals surface area (Å²) in [4.78, 5) is 11.8. The largest absolute Gasteiger partial charge is 0.381 e. The SMILES string of the molecule is CCCc1cc(C(=O)NCCCOCC(C)C)n[nH]1. The molecule has 0 saturated carbocycles. The van der Waals surface area contributed by atoms with Crippen LogP contribution in [-0.2, 0) is 11.2 Å². The highest BCUT2D eigenvalue weighted by Crippen LogP contribution is 2.02. The van der Waals surface area contributed by atoms with Crippen LogP contribution >= 0.6 is 0 Å². The Morgan fingerprint density at radius 3 is 3.00 bits per heavy atom. The summed E-state index contributed by atoms with van der Waals surface area (Å²) < 4.78 is 5.45. The van der Waals surface area contributed by atoms with Crippen molar-refractivity contribution in [1.29, 1.82) is 0 Å². The predicted molar refractivity (Wildman–Crippen MR) is 75.2 cm³/mol. The maximum atomic E-state index is 11.8. The van der Waals surface area contributed by atoms with E-state index in [2.05, 4.69) is 36.3 Å². The molecule has 0 aliphatic heterocycles. The number of ether oxygens (including phenoxy) is 1. The molecular formula is C14H25N3O2. The average molecular weight is 267 g/mol. The van der Waals surface area contributed by atoms with Gasteiger partial charge in [-0.05, 0) is 24.8 Å². The van der Waals surface area contributed by atoms with Crippen LogP contribution < -0.4 is 5.32 Å². The lowest BCUT2D eigenvalue weighted by atomic mass is 10.2. The van der Waals surface area contributed by atoms with E-state index >= 15 is 0 Å². The molecule has 19 heavy (non-hydrogen) atoms. The van der Waals surface area contributed by atoms with Gasteiger partial charge in [0.2, 0.25) is 0 Å². The van der Waals surface area contributed by atoms with E-state index in [9.17, 15) is 4.79 Å². The number of aryl methyl sites for hydroxylation is 1. The van der Waals surface area contributed by atoms with Crippen molar-refractivity contribution in [2.75, 3.05) is 19.8 Å². The van der Waals surface area contributed by atoms with Gasteiger partial charge in [0.15, 0.2) is 0 Å². The van der Waals surface area contributed by atoms with E-state index in [1.807, 2.05) is 6.07 Å². The quantitative estimate of drug-likeness (QED) is 0.674. The van der Waals surface area contributed by atoms with Gasteiger partial charge in [-0.1, -0.05) is 27.2 Å². The third kappa shape index (κ3) is 6.38. The van der Waals surface area contributed by atoms with Gasteiger partial charge in [-0.25, -0.2) is 0 Å². The molecular weight excluding hydrogens is 242 g/mol. The molecule has 1 aromatic heterocycles. The number of hydrogen-bond acceptors (Lipinski definition) is 3. The molecule has 0 unspecified atom stereocenters. The van der Waals surface area contributed by atoms with Crippen molar-refractivity contribution in [1.82, 2.24) is 15.5 Å². The van der Waals surface area contributed by atoms with Crippen LogP contribution in [0.5, 0.6) is 0 Å². The first-order chi connectivity index (χ1) is 9.13. The van der Waals surface area contributed by atoms with Gasteiger partial charge in [0, 0.05) is 25.5 Å². The molecule has 0 aliphatic carbocycles. The van der Waals surface area contributed by atoms with Gasteiger partial charge >= 0.3 is 0 Å². The highest BCUT2D eigenvalue weighted by atomic mass is 16.5. The number of carbonyl (C=O) groups excluding carboxylic acids is 1. The van der Waals surface area contributed by atoms with Crippen molar-refractivity contribution >= 4 is 5.91 Å². The number of amides is 1. The Labute approximate surface area is 115 Å². The maximum Gasteiger partial charge on any atom is 0.271 e. The fourth-order valence-electron chi connectivity index (χ4n) is 1.66. The number of nitrogens with zero attached hydrogens (tertiary/aromatic N) is 1. The Morgan fingerprint density at radius 1 is 1.53 bits per heavy atom. The van der Waals surface area contributed by atoms with Gasteiger partial charge in [-0.2, -0.15) is 5.10 Å². The summed E-state index contributed by atoms with van der Waals surface area (Å²) in [6.45, 7) is 8.40. The van der Waals surface area contributed by atoms with E-state index in [0.717, 1.165) is 31.6 Å². The van der Waals surface area contributed by atoms with Crippen LogP contribution in [0.2, 0.25) is 0 Å². The summed E-state index contributed by atoms with van der Waals surface area (Å²) in [7, 11) is 0. The molecule has 1 amide bonds. The first-order valence-corrected chi connectivity index (χ1v) is 7.03. The van der Waals surface area contributed by atoms with Crippen molar-refractivity contribution in [2.24, 2.45) is 5.92 Å². The van der Waals surface area contributed by atoms with Crippen LogP contribution in [0, 0.1) is 5.92 Å². The van der Waals surface area contributed by atoms with Crippen molar-refractivity contribution < 1.29 is 9.53 Å². The number of hydrogen-bond donors (Lipinski definition) is 2.